The van der Waals surface area contributed by atoms with Gasteiger partial charge >= 0.3 is 0 Å². The Bertz CT molecular complexity index is 651. The van der Waals surface area contributed by atoms with Gasteiger partial charge in [-0.25, -0.2) is 4.98 Å². The Morgan fingerprint density at radius 2 is 2.24 bits per heavy atom. The molecule has 1 atom stereocenters. The molecule has 3 rings (SSSR count). The van der Waals surface area contributed by atoms with Gasteiger partial charge in [0, 0.05) is 26.1 Å². The van der Waals surface area contributed by atoms with Crippen LogP contribution in [0.2, 0.25) is 0 Å². The number of nitrogens with two attached hydrogens (primary N) is 1. The summed E-state index contributed by atoms with van der Waals surface area (Å²) in [6.07, 6.45) is 3.33. The number of rotatable bonds is 4. The second-order valence-corrected chi connectivity index (χ2v) is 6.26. The number of carbonyl (C=O) groups is 1. The van der Waals surface area contributed by atoms with Gasteiger partial charge in [0.15, 0.2) is 0 Å². The van der Waals surface area contributed by atoms with Crippen molar-refractivity contribution < 1.29 is 4.79 Å². The van der Waals surface area contributed by atoms with E-state index in [4.69, 9.17) is 5.73 Å². The quantitative estimate of drug-likeness (QED) is 0.929. The molecule has 1 aromatic carbocycles. The Labute approximate surface area is 124 Å². The fourth-order valence-electron chi connectivity index (χ4n) is 2.97. The number of fused-ring (bicyclic) bond motifs is 1. The summed E-state index contributed by atoms with van der Waals surface area (Å²) in [4.78, 5) is 18.6. The molecule has 1 aliphatic rings. The van der Waals surface area contributed by atoms with Crippen molar-refractivity contribution >= 4 is 16.9 Å². The maximum atomic E-state index is 12.3. The van der Waals surface area contributed by atoms with E-state index in [0.717, 1.165) is 30.5 Å². The smallest absolute Gasteiger partial charge is 0.224 e. The number of aryl methyl sites for hydroxylation is 1. The van der Waals surface area contributed by atoms with Crippen molar-refractivity contribution in [2.24, 2.45) is 11.1 Å². The molecule has 1 amide bonds. The van der Waals surface area contributed by atoms with Crippen molar-refractivity contribution in [1.29, 1.82) is 0 Å². The van der Waals surface area contributed by atoms with Crippen LogP contribution in [0.5, 0.6) is 0 Å². The zero-order valence-corrected chi connectivity index (χ0v) is 12.5. The number of aromatic nitrogens is 2. The average Bonchev–Trinajstić information content (AvgIpc) is 3.09. The lowest BCUT2D eigenvalue weighted by Crippen LogP contribution is -2.34. The topological polar surface area (TPSA) is 64.2 Å². The molecule has 1 fully saturated rings. The summed E-state index contributed by atoms with van der Waals surface area (Å²) in [5.41, 5.74) is 7.94. The van der Waals surface area contributed by atoms with E-state index < -0.39 is 0 Å². The maximum Gasteiger partial charge on any atom is 0.224 e. The van der Waals surface area contributed by atoms with Gasteiger partial charge in [-0.05, 0) is 30.5 Å². The van der Waals surface area contributed by atoms with E-state index in [-0.39, 0.29) is 11.3 Å². The predicted octanol–water partition coefficient (Wildman–Crippen LogP) is 1.62. The van der Waals surface area contributed by atoms with Crippen molar-refractivity contribution in [3.8, 4) is 0 Å². The molecule has 0 aliphatic carbocycles. The maximum absolute atomic E-state index is 12.3. The fourth-order valence-corrected chi connectivity index (χ4v) is 2.97. The zero-order valence-electron chi connectivity index (χ0n) is 12.5. The molecule has 2 N–H and O–H groups in total. The Balaban J connectivity index is 1.62. The number of imidazole rings is 1. The first-order valence-electron chi connectivity index (χ1n) is 7.49. The van der Waals surface area contributed by atoms with Crippen LogP contribution in [0.1, 0.15) is 19.8 Å². The fraction of sp³-hybridized carbons (Fsp3) is 0.500. The van der Waals surface area contributed by atoms with E-state index in [1.165, 1.54) is 0 Å². The summed E-state index contributed by atoms with van der Waals surface area (Å²) >= 11 is 0. The van der Waals surface area contributed by atoms with Gasteiger partial charge in [0.25, 0.3) is 0 Å². The van der Waals surface area contributed by atoms with Crippen LogP contribution < -0.4 is 5.73 Å². The Kier molecular flexibility index (Phi) is 3.68. The van der Waals surface area contributed by atoms with Gasteiger partial charge in [0.2, 0.25) is 5.91 Å². The first-order chi connectivity index (χ1) is 10.1. The van der Waals surface area contributed by atoms with Crippen molar-refractivity contribution in [3.63, 3.8) is 0 Å². The Morgan fingerprint density at radius 3 is 3.00 bits per heavy atom. The Hall–Kier alpha value is -1.88. The molecule has 1 saturated heterocycles. The SMILES string of the molecule is CC1(CN)CCN(C(=O)CCn2cnc3ccccc32)C1. The zero-order chi connectivity index (χ0) is 14.9. The number of nitrogens with zero attached hydrogens (tertiary/aromatic N) is 3. The Morgan fingerprint density at radius 1 is 1.43 bits per heavy atom. The standard InChI is InChI=1S/C16H22N4O/c1-16(10-17)7-9-19(11-16)15(21)6-8-20-12-18-13-4-2-3-5-14(13)20/h2-5,12H,6-11,17H2,1H3. The monoisotopic (exact) mass is 286 g/mol. The lowest BCUT2D eigenvalue weighted by molar-refractivity contribution is -0.130. The summed E-state index contributed by atoms with van der Waals surface area (Å²) < 4.78 is 2.05. The van der Waals surface area contributed by atoms with Gasteiger partial charge in [-0.2, -0.15) is 0 Å². The second-order valence-electron chi connectivity index (χ2n) is 6.26. The highest BCUT2D eigenvalue weighted by Gasteiger charge is 2.34. The summed E-state index contributed by atoms with van der Waals surface area (Å²) in [6, 6.07) is 7.99. The minimum absolute atomic E-state index is 0.0946. The highest BCUT2D eigenvalue weighted by Crippen LogP contribution is 2.28. The number of para-hydroxylation sites is 2. The molecule has 1 aliphatic heterocycles. The van der Waals surface area contributed by atoms with Crippen LogP contribution >= 0.6 is 0 Å². The van der Waals surface area contributed by atoms with Gasteiger partial charge in [-0.1, -0.05) is 19.1 Å². The third-order valence-electron chi connectivity index (χ3n) is 4.50. The predicted molar refractivity (Wildman–Crippen MR) is 82.7 cm³/mol. The average molecular weight is 286 g/mol. The molecular formula is C16H22N4O. The largest absolute Gasteiger partial charge is 0.342 e. The van der Waals surface area contributed by atoms with Crippen LogP contribution in [0.15, 0.2) is 30.6 Å². The lowest BCUT2D eigenvalue weighted by Gasteiger charge is -2.22. The summed E-state index contributed by atoms with van der Waals surface area (Å²) in [5, 5.41) is 0. The van der Waals surface area contributed by atoms with Crippen molar-refractivity contribution in [2.75, 3.05) is 19.6 Å². The molecule has 1 unspecified atom stereocenters. The minimum Gasteiger partial charge on any atom is -0.342 e. The van der Waals surface area contributed by atoms with Gasteiger partial charge in [-0.3, -0.25) is 4.79 Å². The summed E-state index contributed by atoms with van der Waals surface area (Å²) in [5.74, 6) is 0.213. The number of benzene rings is 1. The van der Waals surface area contributed by atoms with Gasteiger partial charge < -0.3 is 15.2 Å². The summed E-state index contributed by atoms with van der Waals surface area (Å²) in [6.45, 7) is 5.09. The van der Waals surface area contributed by atoms with E-state index in [2.05, 4.69) is 11.9 Å². The summed E-state index contributed by atoms with van der Waals surface area (Å²) in [7, 11) is 0. The molecule has 0 radical (unpaired) electrons. The van der Waals surface area contributed by atoms with E-state index >= 15 is 0 Å². The van der Waals surface area contributed by atoms with E-state index in [1.54, 1.807) is 0 Å². The van der Waals surface area contributed by atoms with Crippen LogP contribution in [0.3, 0.4) is 0 Å². The molecular weight excluding hydrogens is 264 g/mol. The van der Waals surface area contributed by atoms with Crippen molar-refractivity contribution in [1.82, 2.24) is 14.5 Å². The van der Waals surface area contributed by atoms with Gasteiger partial charge in [-0.15, -0.1) is 0 Å². The molecule has 0 spiro atoms. The van der Waals surface area contributed by atoms with Gasteiger partial charge in [0.1, 0.15) is 0 Å². The minimum atomic E-state index is 0.0946. The highest BCUT2D eigenvalue weighted by molar-refractivity contribution is 5.78. The first kappa shape index (κ1) is 14.1. The van der Waals surface area contributed by atoms with E-state index in [1.807, 2.05) is 40.1 Å². The van der Waals surface area contributed by atoms with Gasteiger partial charge in [0.05, 0.1) is 17.4 Å². The third-order valence-corrected chi connectivity index (χ3v) is 4.50. The van der Waals surface area contributed by atoms with Crippen LogP contribution in [0.25, 0.3) is 11.0 Å². The molecule has 5 heteroatoms. The molecule has 112 valence electrons. The molecule has 1 aromatic heterocycles. The van der Waals surface area contributed by atoms with Crippen LogP contribution in [0.4, 0.5) is 0 Å². The third kappa shape index (κ3) is 2.78. The van der Waals surface area contributed by atoms with Crippen molar-refractivity contribution in [2.45, 2.75) is 26.3 Å². The number of hydrogen-bond acceptors (Lipinski definition) is 3. The molecule has 5 nitrogen and oxygen atoms in total. The highest BCUT2D eigenvalue weighted by atomic mass is 16.2. The number of carbonyl (C=O) groups excluding carboxylic acids is 1. The first-order valence-corrected chi connectivity index (χ1v) is 7.49. The van der Waals surface area contributed by atoms with Crippen molar-refractivity contribution in [3.05, 3.63) is 30.6 Å². The number of amides is 1. The van der Waals surface area contributed by atoms with Crippen LogP contribution in [-0.2, 0) is 11.3 Å². The van der Waals surface area contributed by atoms with E-state index in [9.17, 15) is 4.79 Å². The molecule has 21 heavy (non-hydrogen) atoms. The normalized spacial score (nSPS) is 22.1. The van der Waals surface area contributed by atoms with Crippen LogP contribution in [-0.4, -0.2) is 40.0 Å². The van der Waals surface area contributed by atoms with E-state index in [0.29, 0.717) is 19.5 Å². The van der Waals surface area contributed by atoms with Crippen LogP contribution in [0, 0.1) is 5.41 Å². The molecule has 0 bridgehead atoms. The number of likely N-dealkylation sites (tertiary alicyclic amines) is 1. The molecule has 2 aromatic rings. The molecule has 0 saturated carbocycles. The molecule has 2 heterocycles. The number of hydrogen-bond donors (Lipinski definition) is 1. The lowest BCUT2D eigenvalue weighted by atomic mass is 9.90. The second kappa shape index (κ2) is 5.48.